The van der Waals surface area contributed by atoms with Crippen LogP contribution in [0.25, 0.3) is 22.3 Å². The first-order chi connectivity index (χ1) is 12.0. The second-order valence-electron chi connectivity index (χ2n) is 5.91. The summed E-state index contributed by atoms with van der Waals surface area (Å²) in [5.74, 6) is -0.278. The number of nitrogens with zero attached hydrogens (tertiary/aromatic N) is 3. The standard InChI is InChI=1S/C18H15ClFN5/c1-10-17(19)15(24-23-10)9-25-16(11-2-4-13(20)5-3-11)7-12-6-14(21)8-22-18(12)25/h2-8H,9,21H2,1H3,(H,23,24). The van der Waals surface area contributed by atoms with Crippen LogP contribution in [-0.4, -0.2) is 19.7 Å². The number of H-pyrrole nitrogens is 1. The van der Waals surface area contributed by atoms with E-state index in [0.29, 0.717) is 17.3 Å². The third-order valence-electron chi connectivity index (χ3n) is 4.14. The Morgan fingerprint density at radius 1 is 1.24 bits per heavy atom. The van der Waals surface area contributed by atoms with E-state index in [0.717, 1.165) is 33.7 Å². The highest BCUT2D eigenvalue weighted by molar-refractivity contribution is 6.31. The maximum Gasteiger partial charge on any atom is 0.140 e. The van der Waals surface area contributed by atoms with E-state index in [2.05, 4.69) is 15.2 Å². The number of aromatic nitrogens is 4. The topological polar surface area (TPSA) is 72.5 Å². The highest BCUT2D eigenvalue weighted by atomic mass is 35.5. The summed E-state index contributed by atoms with van der Waals surface area (Å²) >= 11 is 6.32. The molecule has 1 aromatic carbocycles. The SMILES string of the molecule is Cc1[nH]nc(Cn2c(-c3ccc(F)cc3)cc3cc(N)cnc32)c1Cl. The number of aromatic amines is 1. The first-order valence-corrected chi connectivity index (χ1v) is 8.11. The molecule has 0 atom stereocenters. The molecule has 0 saturated carbocycles. The molecule has 0 radical (unpaired) electrons. The van der Waals surface area contributed by atoms with Gasteiger partial charge in [-0.25, -0.2) is 9.37 Å². The molecule has 0 saturated heterocycles. The minimum Gasteiger partial charge on any atom is -0.397 e. The van der Waals surface area contributed by atoms with Crippen molar-refractivity contribution >= 4 is 28.3 Å². The zero-order valence-electron chi connectivity index (χ0n) is 13.4. The van der Waals surface area contributed by atoms with Crippen molar-refractivity contribution in [3.8, 4) is 11.3 Å². The monoisotopic (exact) mass is 355 g/mol. The normalized spacial score (nSPS) is 11.3. The number of aryl methyl sites for hydroxylation is 1. The summed E-state index contributed by atoms with van der Waals surface area (Å²) in [4.78, 5) is 4.46. The van der Waals surface area contributed by atoms with Crippen molar-refractivity contribution in [1.29, 1.82) is 0 Å². The van der Waals surface area contributed by atoms with Crippen molar-refractivity contribution in [1.82, 2.24) is 19.7 Å². The minimum atomic E-state index is -0.278. The molecule has 3 heterocycles. The lowest BCUT2D eigenvalue weighted by Crippen LogP contribution is -2.04. The summed E-state index contributed by atoms with van der Waals surface area (Å²) in [5.41, 5.74) is 10.5. The highest BCUT2D eigenvalue weighted by Gasteiger charge is 2.16. The van der Waals surface area contributed by atoms with Gasteiger partial charge in [0, 0.05) is 5.39 Å². The first kappa shape index (κ1) is 15.7. The molecule has 4 aromatic rings. The van der Waals surface area contributed by atoms with E-state index in [1.165, 1.54) is 12.1 Å². The molecule has 5 nitrogen and oxygen atoms in total. The number of anilines is 1. The van der Waals surface area contributed by atoms with Gasteiger partial charge < -0.3 is 10.3 Å². The summed E-state index contributed by atoms with van der Waals surface area (Å²) in [5, 5.41) is 8.67. The van der Waals surface area contributed by atoms with E-state index < -0.39 is 0 Å². The highest BCUT2D eigenvalue weighted by Crippen LogP contribution is 2.30. The van der Waals surface area contributed by atoms with Crippen LogP contribution in [0.4, 0.5) is 10.1 Å². The van der Waals surface area contributed by atoms with Gasteiger partial charge in [-0.15, -0.1) is 0 Å². The lowest BCUT2D eigenvalue weighted by atomic mass is 10.1. The Hall–Kier alpha value is -2.86. The Balaban J connectivity index is 1.91. The summed E-state index contributed by atoms with van der Waals surface area (Å²) in [6.45, 7) is 2.31. The summed E-state index contributed by atoms with van der Waals surface area (Å²) < 4.78 is 15.3. The number of fused-ring (bicyclic) bond motifs is 1. The van der Waals surface area contributed by atoms with E-state index in [9.17, 15) is 4.39 Å². The van der Waals surface area contributed by atoms with Crippen LogP contribution >= 0.6 is 11.6 Å². The van der Waals surface area contributed by atoms with Crippen molar-refractivity contribution in [3.05, 3.63) is 64.8 Å². The lowest BCUT2D eigenvalue weighted by Gasteiger charge is -2.09. The number of pyridine rings is 1. The zero-order chi connectivity index (χ0) is 17.6. The molecular weight excluding hydrogens is 341 g/mol. The van der Waals surface area contributed by atoms with Gasteiger partial charge in [0.1, 0.15) is 17.2 Å². The van der Waals surface area contributed by atoms with Crippen LogP contribution in [0.5, 0.6) is 0 Å². The van der Waals surface area contributed by atoms with Crippen molar-refractivity contribution in [2.45, 2.75) is 13.5 Å². The van der Waals surface area contributed by atoms with Crippen LogP contribution in [0.15, 0.2) is 42.6 Å². The largest absolute Gasteiger partial charge is 0.397 e. The third-order valence-corrected chi connectivity index (χ3v) is 4.65. The van der Waals surface area contributed by atoms with Gasteiger partial charge in [0.2, 0.25) is 0 Å². The summed E-state index contributed by atoms with van der Waals surface area (Å²) in [6.07, 6.45) is 1.62. The third kappa shape index (κ3) is 2.74. The van der Waals surface area contributed by atoms with Gasteiger partial charge in [-0.05, 0) is 48.9 Å². The van der Waals surface area contributed by atoms with Gasteiger partial charge in [0.05, 0.1) is 34.8 Å². The number of rotatable bonds is 3. The van der Waals surface area contributed by atoms with Crippen LogP contribution in [-0.2, 0) is 6.54 Å². The average Bonchev–Trinajstić information content (AvgIpc) is 3.10. The summed E-state index contributed by atoms with van der Waals surface area (Å²) in [7, 11) is 0. The molecule has 0 amide bonds. The van der Waals surface area contributed by atoms with Crippen molar-refractivity contribution in [2.24, 2.45) is 0 Å². The predicted molar refractivity (Wildman–Crippen MR) is 97.0 cm³/mol. The molecule has 0 aliphatic heterocycles. The fourth-order valence-electron chi connectivity index (χ4n) is 2.90. The molecule has 0 spiro atoms. The zero-order valence-corrected chi connectivity index (χ0v) is 14.2. The number of nitrogens with two attached hydrogens (primary N) is 1. The smallest absolute Gasteiger partial charge is 0.140 e. The molecule has 0 aliphatic carbocycles. The lowest BCUT2D eigenvalue weighted by molar-refractivity contribution is 0.628. The van der Waals surface area contributed by atoms with Gasteiger partial charge in [0.25, 0.3) is 0 Å². The Labute approximate surface area is 148 Å². The van der Waals surface area contributed by atoms with Crippen molar-refractivity contribution < 1.29 is 4.39 Å². The van der Waals surface area contributed by atoms with E-state index in [-0.39, 0.29) is 5.82 Å². The van der Waals surface area contributed by atoms with E-state index in [4.69, 9.17) is 17.3 Å². The Kier molecular flexibility index (Phi) is 3.69. The molecule has 25 heavy (non-hydrogen) atoms. The number of nitrogens with one attached hydrogen (secondary N) is 1. The fraction of sp³-hybridized carbons (Fsp3) is 0.111. The van der Waals surface area contributed by atoms with E-state index in [1.54, 1.807) is 18.3 Å². The molecule has 4 rings (SSSR count). The van der Waals surface area contributed by atoms with E-state index >= 15 is 0 Å². The van der Waals surface area contributed by atoms with Gasteiger partial charge >= 0.3 is 0 Å². The maximum atomic E-state index is 13.3. The number of hydrogen-bond donors (Lipinski definition) is 2. The molecule has 7 heteroatoms. The summed E-state index contributed by atoms with van der Waals surface area (Å²) in [6, 6.07) is 10.2. The molecule has 3 aromatic heterocycles. The van der Waals surface area contributed by atoms with Crippen molar-refractivity contribution in [3.63, 3.8) is 0 Å². The van der Waals surface area contributed by atoms with Crippen LogP contribution in [0.1, 0.15) is 11.4 Å². The average molecular weight is 356 g/mol. The number of benzene rings is 1. The van der Waals surface area contributed by atoms with Gasteiger partial charge in [-0.2, -0.15) is 5.10 Å². The predicted octanol–water partition coefficient (Wildman–Crippen LogP) is 4.16. The molecular formula is C18H15ClFN5. The van der Waals surface area contributed by atoms with Gasteiger partial charge in [0.15, 0.2) is 0 Å². The molecule has 0 fully saturated rings. The van der Waals surface area contributed by atoms with Crippen LogP contribution in [0.2, 0.25) is 5.02 Å². The van der Waals surface area contributed by atoms with Crippen LogP contribution in [0.3, 0.4) is 0 Å². The fourth-order valence-corrected chi connectivity index (χ4v) is 3.05. The van der Waals surface area contributed by atoms with Crippen molar-refractivity contribution in [2.75, 3.05) is 5.73 Å². The Morgan fingerprint density at radius 3 is 2.68 bits per heavy atom. The molecule has 126 valence electrons. The molecule has 0 bridgehead atoms. The van der Waals surface area contributed by atoms with Gasteiger partial charge in [-0.3, -0.25) is 5.10 Å². The number of nitrogen functional groups attached to an aromatic ring is 1. The maximum absolute atomic E-state index is 13.3. The van der Waals surface area contributed by atoms with E-state index in [1.807, 2.05) is 23.6 Å². The number of hydrogen-bond acceptors (Lipinski definition) is 3. The second kappa shape index (κ2) is 5.89. The van der Waals surface area contributed by atoms with Gasteiger partial charge in [-0.1, -0.05) is 11.6 Å². The Bertz CT molecular complexity index is 1070. The quantitative estimate of drug-likeness (QED) is 0.579. The molecule has 0 unspecified atom stereocenters. The minimum absolute atomic E-state index is 0.278. The van der Waals surface area contributed by atoms with Crippen LogP contribution in [0, 0.1) is 12.7 Å². The Morgan fingerprint density at radius 2 is 2.00 bits per heavy atom. The first-order valence-electron chi connectivity index (χ1n) is 7.73. The number of halogens is 2. The molecule has 3 N–H and O–H groups in total. The molecule has 0 aliphatic rings. The van der Waals surface area contributed by atoms with Crippen LogP contribution < -0.4 is 5.73 Å². The second-order valence-corrected chi connectivity index (χ2v) is 6.29.